The van der Waals surface area contributed by atoms with Crippen LogP contribution in [0.3, 0.4) is 0 Å². The maximum Gasteiger partial charge on any atom is 0.173 e. The van der Waals surface area contributed by atoms with Crippen molar-refractivity contribution in [1.29, 1.82) is 0 Å². The number of aromatic nitrogens is 1. The number of hydrogen-bond acceptors (Lipinski definition) is 5. The molecule has 4 N–H and O–H groups in total. The number of β-amino-alcohol motifs (C(OH)–C–C–N with tert-alkyl or cyclic N) is 1. The van der Waals surface area contributed by atoms with Gasteiger partial charge in [-0.3, -0.25) is 0 Å². The van der Waals surface area contributed by atoms with Crippen LogP contribution in [0.2, 0.25) is 0 Å². The lowest BCUT2D eigenvalue weighted by molar-refractivity contribution is 0.0839. The number of amidine groups is 1. The Hall–Kier alpha value is -1.82. The Morgan fingerprint density at radius 3 is 2.95 bits per heavy atom. The van der Waals surface area contributed by atoms with Crippen LogP contribution in [0.5, 0.6) is 0 Å². The Morgan fingerprint density at radius 2 is 2.30 bits per heavy atom. The molecule has 0 spiro atoms. The minimum Gasteiger partial charge on any atom is -0.409 e. The number of hydrogen-bond donors (Lipinski definition) is 3. The number of anilines is 1. The molecule has 0 saturated carbocycles. The van der Waals surface area contributed by atoms with Gasteiger partial charge in [0.05, 0.1) is 11.2 Å². The van der Waals surface area contributed by atoms with E-state index in [0.29, 0.717) is 18.5 Å². The molecule has 20 heavy (non-hydrogen) atoms. The van der Waals surface area contributed by atoms with Crippen molar-refractivity contribution >= 4 is 11.7 Å². The van der Waals surface area contributed by atoms with Gasteiger partial charge in [0, 0.05) is 18.8 Å². The van der Waals surface area contributed by atoms with E-state index in [0.717, 1.165) is 37.3 Å². The number of fused-ring (bicyclic) bond motifs is 1. The molecule has 3 rings (SSSR count). The van der Waals surface area contributed by atoms with Gasteiger partial charge in [0.2, 0.25) is 0 Å². The van der Waals surface area contributed by atoms with Crippen molar-refractivity contribution in [1.82, 2.24) is 4.98 Å². The zero-order valence-electron chi connectivity index (χ0n) is 11.6. The summed E-state index contributed by atoms with van der Waals surface area (Å²) >= 11 is 0. The molecule has 1 aromatic heterocycles. The third kappa shape index (κ3) is 2.20. The summed E-state index contributed by atoms with van der Waals surface area (Å²) in [6.45, 7) is 3.07. The maximum absolute atomic E-state index is 10.1. The summed E-state index contributed by atoms with van der Waals surface area (Å²) in [6, 6.07) is 1.98. The van der Waals surface area contributed by atoms with Gasteiger partial charge in [-0.25, -0.2) is 4.98 Å². The second-order valence-corrected chi connectivity index (χ2v) is 5.97. The Morgan fingerprint density at radius 1 is 1.50 bits per heavy atom. The Kier molecular flexibility index (Phi) is 3.05. The van der Waals surface area contributed by atoms with Gasteiger partial charge in [0.15, 0.2) is 5.84 Å². The Bertz CT molecular complexity index is 569. The van der Waals surface area contributed by atoms with E-state index < -0.39 is 5.60 Å². The van der Waals surface area contributed by atoms with Crippen molar-refractivity contribution in [3.8, 4) is 0 Å². The van der Waals surface area contributed by atoms with Crippen molar-refractivity contribution < 1.29 is 10.3 Å². The van der Waals surface area contributed by atoms with Crippen LogP contribution in [0.1, 0.15) is 36.6 Å². The molecule has 0 aromatic carbocycles. The van der Waals surface area contributed by atoms with Crippen LogP contribution in [0, 0.1) is 0 Å². The monoisotopic (exact) mass is 276 g/mol. The second-order valence-electron chi connectivity index (χ2n) is 5.97. The van der Waals surface area contributed by atoms with E-state index in [1.807, 2.05) is 17.9 Å². The van der Waals surface area contributed by atoms with E-state index in [-0.39, 0.29) is 5.84 Å². The molecule has 1 atom stereocenters. The fraction of sp³-hybridized carbons (Fsp3) is 0.571. The maximum atomic E-state index is 10.1. The number of nitrogens with two attached hydrogens (primary N) is 1. The van der Waals surface area contributed by atoms with Crippen LogP contribution in [-0.2, 0) is 12.8 Å². The first-order chi connectivity index (χ1) is 9.50. The van der Waals surface area contributed by atoms with Crippen molar-refractivity contribution in [3.63, 3.8) is 0 Å². The van der Waals surface area contributed by atoms with Gasteiger partial charge >= 0.3 is 0 Å². The fourth-order valence-corrected chi connectivity index (χ4v) is 3.07. The van der Waals surface area contributed by atoms with Gasteiger partial charge in [-0.15, -0.1) is 0 Å². The summed E-state index contributed by atoms with van der Waals surface area (Å²) in [5, 5.41) is 22.2. The van der Waals surface area contributed by atoms with Gasteiger partial charge in [-0.05, 0) is 44.2 Å². The largest absolute Gasteiger partial charge is 0.409 e. The summed E-state index contributed by atoms with van der Waals surface area (Å²) in [5.41, 5.74) is 8.03. The van der Waals surface area contributed by atoms with E-state index in [1.165, 1.54) is 5.56 Å². The SMILES string of the molecule is CC1(O)CCN(c2nc3c(cc2C(N)=NO)CCC3)C1. The van der Waals surface area contributed by atoms with E-state index in [2.05, 4.69) is 5.16 Å². The minimum absolute atomic E-state index is 0.0775. The van der Waals surface area contributed by atoms with Crippen LogP contribution in [-0.4, -0.2) is 39.8 Å². The summed E-state index contributed by atoms with van der Waals surface area (Å²) in [6.07, 6.45) is 3.76. The predicted molar refractivity (Wildman–Crippen MR) is 76.2 cm³/mol. The summed E-state index contributed by atoms with van der Waals surface area (Å²) in [4.78, 5) is 6.73. The topological polar surface area (TPSA) is 95.0 Å². The molecule has 0 radical (unpaired) electrons. The highest BCUT2D eigenvalue weighted by molar-refractivity contribution is 6.01. The highest BCUT2D eigenvalue weighted by atomic mass is 16.4. The van der Waals surface area contributed by atoms with Crippen LogP contribution in [0.25, 0.3) is 0 Å². The quantitative estimate of drug-likeness (QED) is 0.319. The van der Waals surface area contributed by atoms with Crippen molar-refractivity contribution in [3.05, 3.63) is 22.9 Å². The Balaban J connectivity index is 2.05. The van der Waals surface area contributed by atoms with E-state index in [9.17, 15) is 5.11 Å². The third-order valence-corrected chi connectivity index (χ3v) is 4.17. The van der Waals surface area contributed by atoms with Crippen molar-refractivity contribution in [2.24, 2.45) is 10.9 Å². The number of nitrogens with zero attached hydrogens (tertiary/aromatic N) is 3. The van der Waals surface area contributed by atoms with Crippen LogP contribution < -0.4 is 10.6 Å². The molecule has 0 amide bonds. The molecule has 1 aromatic rings. The number of aliphatic hydroxyl groups is 1. The van der Waals surface area contributed by atoms with E-state index >= 15 is 0 Å². The number of oxime groups is 1. The van der Waals surface area contributed by atoms with Gasteiger partial charge in [0.25, 0.3) is 0 Å². The average Bonchev–Trinajstić information content (AvgIpc) is 3.01. The average molecular weight is 276 g/mol. The molecule has 6 nitrogen and oxygen atoms in total. The first-order valence-corrected chi connectivity index (χ1v) is 6.98. The van der Waals surface area contributed by atoms with Crippen molar-refractivity contribution in [2.45, 2.75) is 38.2 Å². The molecule has 2 heterocycles. The first kappa shape index (κ1) is 13.2. The molecule has 2 aliphatic rings. The molecule has 1 aliphatic carbocycles. The third-order valence-electron chi connectivity index (χ3n) is 4.17. The second kappa shape index (κ2) is 4.63. The smallest absolute Gasteiger partial charge is 0.173 e. The van der Waals surface area contributed by atoms with Gasteiger partial charge in [0.1, 0.15) is 5.82 Å². The van der Waals surface area contributed by atoms with Gasteiger partial charge in [-0.2, -0.15) is 0 Å². The minimum atomic E-state index is -0.705. The molecule has 1 unspecified atom stereocenters. The lowest BCUT2D eigenvalue weighted by Gasteiger charge is -2.23. The molecule has 1 saturated heterocycles. The van der Waals surface area contributed by atoms with Gasteiger partial charge in [-0.1, -0.05) is 5.16 Å². The Labute approximate surface area is 117 Å². The standard InChI is InChI=1S/C14H20N4O2/c1-14(19)5-6-18(8-14)13-10(12(15)17-20)7-9-3-2-4-11(9)16-13/h7,19-20H,2-6,8H2,1H3,(H2,15,17). The zero-order chi connectivity index (χ0) is 14.3. The van der Waals surface area contributed by atoms with E-state index in [4.69, 9.17) is 15.9 Å². The predicted octanol–water partition coefficient (Wildman–Crippen LogP) is 0.626. The highest BCUT2D eigenvalue weighted by Crippen LogP contribution is 2.31. The normalized spacial score (nSPS) is 26.1. The highest BCUT2D eigenvalue weighted by Gasteiger charge is 2.34. The van der Waals surface area contributed by atoms with Gasteiger partial charge < -0.3 is 20.9 Å². The van der Waals surface area contributed by atoms with Crippen molar-refractivity contribution in [2.75, 3.05) is 18.0 Å². The number of rotatable bonds is 2. The van der Waals surface area contributed by atoms with Crippen LogP contribution >= 0.6 is 0 Å². The molecule has 0 bridgehead atoms. The summed E-state index contributed by atoms with van der Waals surface area (Å²) in [5.74, 6) is 0.799. The first-order valence-electron chi connectivity index (χ1n) is 6.98. The van der Waals surface area contributed by atoms with Crippen LogP contribution in [0.15, 0.2) is 11.2 Å². The summed E-state index contributed by atoms with van der Waals surface area (Å²) < 4.78 is 0. The molecule has 108 valence electrons. The van der Waals surface area contributed by atoms with Crippen LogP contribution in [0.4, 0.5) is 5.82 Å². The lowest BCUT2D eigenvalue weighted by atomic mass is 10.1. The molecule has 6 heteroatoms. The number of pyridine rings is 1. The lowest BCUT2D eigenvalue weighted by Crippen LogP contribution is -2.32. The summed E-state index contributed by atoms with van der Waals surface area (Å²) in [7, 11) is 0. The van der Waals surface area contributed by atoms with E-state index in [1.54, 1.807) is 0 Å². The zero-order valence-corrected chi connectivity index (χ0v) is 11.6. The molecule has 1 fully saturated rings. The molecule has 1 aliphatic heterocycles. The molecular formula is C14H20N4O2. The fourth-order valence-electron chi connectivity index (χ4n) is 3.07. The molecular weight excluding hydrogens is 256 g/mol. The number of aryl methyl sites for hydroxylation is 2.